The number of fused-ring (bicyclic) bond motifs is 1. The van der Waals surface area contributed by atoms with Gasteiger partial charge in [0.2, 0.25) is 0 Å². The Balaban J connectivity index is 1.39. The van der Waals surface area contributed by atoms with Gasteiger partial charge in [-0.15, -0.1) is 0 Å². The molecule has 1 aliphatic heterocycles. The Morgan fingerprint density at radius 3 is 2.27 bits per heavy atom. The zero-order valence-corrected chi connectivity index (χ0v) is 41.1. The largest absolute Gasteiger partial charge is 0.464 e. The van der Waals surface area contributed by atoms with Crippen LogP contribution in [-0.4, -0.2) is 110 Å². The lowest BCUT2D eigenvalue weighted by molar-refractivity contribution is -0.127. The molecule has 2 aromatic carbocycles. The predicted octanol–water partition coefficient (Wildman–Crippen LogP) is 8.11. The highest BCUT2D eigenvalue weighted by molar-refractivity contribution is 7.92. The second-order valence-corrected chi connectivity index (χ2v) is 31.6. The van der Waals surface area contributed by atoms with E-state index in [9.17, 15) is 26.4 Å². The normalized spacial score (nSPS) is 13.9. The van der Waals surface area contributed by atoms with Crippen molar-refractivity contribution in [3.8, 4) is 17.0 Å². The Kier molecular flexibility index (Phi) is 15.8. The summed E-state index contributed by atoms with van der Waals surface area (Å²) in [4.78, 5) is 24.1. The number of benzene rings is 2. The third-order valence-electron chi connectivity index (χ3n) is 10.8. The minimum atomic E-state index is -4.72. The monoisotopic (exact) mass is 974 g/mol. The van der Waals surface area contributed by atoms with E-state index in [1.807, 2.05) is 4.90 Å². The zero-order valence-electron chi connectivity index (χ0n) is 38.3. The first-order valence-electron chi connectivity index (χ1n) is 21.5. The SMILES string of the molecule is CN(c1ccccc1CNc1nc(-c2cc(F)c(OCOCC[Si](C)(C)C)cc2CC(F)(F)F)cc2c1c(C(N)=O)nn2COCC[Si](C)(C)C)S(=O)(=O)c1ccc(N2CCOCC2)nc1. The second kappa shape index (κ2) is 20.8. The molecule has 1 saturated heterocycles. The molecule has 1 amide bonds. The number of ether oxygens (including phenoxy) is 4. The molecule has 0 saturated carbocycles. The molecule has 358 valence electrons. The molecule has 0 aliphatic carbocycles. The molecule has 5 aromatic rings. The average Bonchev–Trinajstić information content (AvgIpc) is 3.63. The molecular weight excluding hydrogens is 917 g/mol. The van der Waals surface area contributed by atoms with Gasteiger partial charge in [-0.25, -0.2) is 27.5 Å². The molecule has 0 atom stereocenters. The molecule has 15 nitrogen and oxygen atoms in total. The number of rotatable bonds is 21. The number of halogens is 4. The summed E-state index contributed by atoms with van der Waals surface area (Å²) >= 11 is 0. The smallest absolute Gasteiger partial charge is 0.393 e. The van der Waals surface area contributed by atoms with E-state index in [1.165, 1.54) is 30.1 Å². The molecule has 1 aliphatic rings. The van der Waals surface area contributed by atoms with Gasteiger partial charge < -0.3 is 34.9 Å². The fraction of sp³-hybridized carbons (Fsp3) is 0.455. The second-order valence-electron chi connectivity index (χ2n) is 18.4. The summed E-state index contributed by atoms with van der Waals surface area (Å²) in [7, 11) is -5.71. The van der Waals surface area contributed by atoms with Crippen molar-refractivity contribution in [2.24, 2.45) is 5.73 Å². The van der Waals surface area contributed by atoms with Crippen LogP contribution < -0.4 is 25.0 Å². The Morgan fingerprint density at radius 1 is 0.955 bits per heavy atom. The molecule has 66 heavy (non-hydrogen) atoms. The van der Waals surface area contributed by atoms with E-state index in [0.717, 1.165) is 28.5 Å². The standard InChI is InChI=1S/C44H58F4N8O7SSi2/c1-54(64(58,59)32-12-13-39(50-27-32)55-14-16-60-17-15-55)36-11-9-8-10-30(36)26-51-43-40-37(56(53-41(40)42(49)57)28-61-18-20-65(2,3)4)24-35(52-43)33-23-34(45)38(22-31(33)25-44(46,47)48)63-29-62-19-21-66(5,6)7/h8-13,22-24,27H,14-21,25-26,28-29H2,1-7H3,(H2,49,57)(H,51,52). The van der Waals surface area contributed by atoms with Crippen molar-refractivity contribution in [3.05, 3.63) is 83.4 Å². The first-order chi connectivity index (χ1) is 31.0. The number of nitrogens with zero attached hydrogens (tertiary/aromatic N) is 6. The van der Waals surface area contributed by atoms with Crippen LogP contribution in [0.2, 0.25) is 51.4 Å². The molecule has 22 heteroatoms. The number of para-hydroxylation sites is 1. The van der Waals surface area contributed by atoms with E-state index in [4.69, 9.17) is 29.7 Å². The van der Waals surface area contributed by atoms with Crippen LogP contribution in [0.1, 0.15) is 21.6 Å². The van der Waals surface area contributed by atoms with Crippen LogP contribution in [0.4, 0.5) is 34.9 Å². The van der Waals surface area contributed by atoms with Gasteiger partial charge in [-0.3, -0.25) is 9.10 Å². The average molecular weight is 975 g/mol. The fourth-order valence-electron chi connectivity index (χ4n) is 7.05. The van der Waals surface area contributed by atoms with Gasteiger partial charge in [-0.2, -0.15) is 18.3 Å². The van der Waals surface area contributed by atoms with Crippen molar-refractivity contribution in [2.75, 3.05) is 67.9 Å². The van der Waals surface area contributed by atoms with Crippen LogP contribution >= 0.6 is 0 Å². The number of alkyl halides is 3. The lowest BCUT2D eigenvalue weighted by atomic mass is 9.99. The summed E-state index contributed by atoms with van der Waals surface area (Å²) in [5.74, 6) is -1.72. The van der Waals surface area contributed by atoms with Gasteiger partial charge in [-0.05, 0) is 59.6 Å². The van der Waals surface area contributed by atoms with E-state index in [0.29, 0.717) is 50.9 Å². The number of amides is 1. The van der Waals surface area contributed by atoms with E-state index in [1.54, 1.807) is 30.3 Å². The number of carbonyl (C=O) groups is 1. The number of sulfonamides is 1. The molecular formula is C44H58F4N8O7SSi2. The third kappa shape index (κ3) is 13.1. The summed E-state index contributed by atoms with van der Waals surface area (Å²) in [6.45, 7) is 15.4. The number of aromatic nitrogens is 4. The zero-order chi connectivity index (χ0) is 48.0. The van der Waals surface area contributed by atoms with E-state index in [-0.39, 0.29) is 69.9 Å². The molecule has 0 unspecified atom stereocenters. The minimum absolute atomic E-state index is 0.0395. The highest BCUT2D eigenvalue weighted by atomic mass is 32.2. The number of hydrogen-bond donors (Lipinski definition) is 2. The van der Waals surface area contributed by atoms with Gasteiger partial charge in [0.05, 0.1) is 41.9 Å². The summed E-state index contributed by atoms with van der Waals surface area (Å²) in [5, 5.41) is 7.75. The summed E-state index contributed by atoms with van der Waals surface area (Å²) in [5.41, 5.74) is 5.98. The minimum Gasteiger partial charge on any atom is -0.464 e. The predicted molar refractivity (Wildman–Crippen MR) is 252 cm³/mol. The topological polar surface area (TPSA) is 176 Å². The van der Waals surface area contributed by atoms with Crippen molar-refractivity contribution in [1.82, 2.24) is 19.7 Å². The van der Waals surface area contributed by atoms with Crippen LogP contribution in [0.3, 0.4) is 0 Å². The number of primary amides is 1. The van der Waals surface area contributed by atoms with Crippen LogP contribution in [0.25, 0.3) is 22.2 Å². The summed E-state index contributed by atoms with van der Waals surface area (Å²) in [6, 6.07) is 14.8. The lowest BCUT2D eigenvalue weighted by Crippen LogP contribution is -2.36. The third-order valence-corrected chi connectivity index (χ3v) is 16.0. The van der Waals surface area contributed by atoms with E-state index in [2.05, 4.69) is 54.7 Å². The first kappa shape index (κ1) is 50.3. The molecule has 0 radical (unpaired) electrons. The number of nitrogens with two attached hydrogens (primary N) is 1. The van der Waals surface area contributed by atoms with Gasteiger partial charge in [0.1, 0.15) is 23.3 Å². The highest BCUT2D eigenvalue weighted by Gasteiger charge is 2.32. The number of hydrogen-bond acceptors (Lipinski definition) is 12. The number of morpholine rings is 1. The molecule has 1 fully saturated rings. The Labute approximate surface area is 384 Å². The summed E-state index contributed by atoms with van der Waals surface area (Å²) in [6.07, 6.45) is -4.87. The van der Waals surface area contributed by atoms with Crippen molar-refractivity contribution in [3.63, 3.8) is 0 Å². The Morgan fingerprint density at radius 2 is 1.64 bits per heavy atom. The van der Waals surface area contributed by atoms with Crippen molar-refractivity contribution in [2.45, 2.75) is 82.1 Å². The van der Waals surface area contributed by atoms with Crippen molar-refractivity contribution >= 4 is 60.3 Å². The molecule has 3 aromatic heterocycles. The number of nitrogens with one attached hydrogen (secondary N) is 1. The van der Waals surface area contributed by atoms with Crippen molar-refractivity contribution < 1.29 is 49.7 Å². The first-order valence-corrected chi connectivity index (χ1v) is 30.3. The molecule has 6 rings (SSSR count). The molecule has 0 spiro atoms. The van der Waals surface area contributed by atoms with Gasteiger partial charge in [-0.1, -0.05) is 57.5 Å². The number of pyridine rings is 2. The lowest BCUT2D eigenvalue weighted by Gasteiger charge is -2.28. The van der Waals surface area contributed by atoms with Crippen LogP contribution in [0.5, 0.6) is 5.75 Å². The van der Waals surface area contributed by atoms with Gasteiger partial charge >= 0.3 is 6.18 Å². The highest BCUT2D eigenvalue weighted by Crippen LogP contribution is 2.38. The van der Waals surface area contributed by atoms with Crippen molar-refractivity contribution in [1.29, 1.82) is 0 Å². The maximum atomic E-state index is 15.9. The number of anilines is 3. The molecule has 4 heterocycles. The van der Waals surface area contributed by atoms with Crippen LogP contribution in [0.15, 0.2) is 65.7 Å². The Bertz CT molecular complexity index is 2600. The molecule has 3 N–H and O–H groups in total. The van der Waals surface area contributed by atoms with Gasteiger partial charge in [0.25, 0.3) is 15.9 Å². The fourth-order valence-corrected chi connectivity index (χ4v) is 9.74. The van der Waals surface area contributed by atoms with E-state index < -0.39 is 56.2 Å². The van der Waals surface area contributed by atoms with Gasteiger partial charge in [0.15, 0.2) is 24.1 Å². The maximum absolute atomic E-state index is 15.9. The molecule has 0 bridgehead atoms. The van der Waals surface area contributed by atoms with Crippen LogP contribution in [-0.2, 0) is 43.9 Å². The van der Waals surface area contributed by atoms with E-state index >= 15 is 4.39 Å². The number of carbonyl (C=O) groups excluding carboxylic acids is 1. The Hall–Kier alpha value is -5.14. The maximum Gasteiger partial charge on any atom is 0.393 e. The summed E-state index contributed by atoms with van der Waals surface area (Å²) < 4.78 is 112. The van der Waals surface area contributed by atoms with Gasteiger partial charge in [0, 0.05) is 67.8 Å². The van der Waals surface area contributed by atoms with Crippen LogP contribution in [0, 0.1) is 5.82 Å². The quantitative estimate of drug-likeness (QED) is 0.0313.